The average Bonchev–Trinajstić information content (AvgIpc) is 3.40. The summed E-state index contributed by atoms with van der Waals surface area (Å²) in [6.45, 7) is 4.29. The highest BCUT2D eigenvalue weighted by atomic mass is 19.1. The van der Waals surface area contributed by atoms with Crippen molar-refractivity contribution in [1.29, 1.82) is 0 Å². The minimum Gasteiger partial charge on any atom is -0.364 e. The molecule has 1 atom stereocenters. The second-order valence-electron chi connectivity index (χ2n) is 7.79. The quantitative estimate of drug-likeness (QED) is 0.541. The second-order valence-corrected chi connectivity index (χ2v) is 7.79. The van der Waals surface area contributed by atoms with E-state index in [2.05, 4.69) is 27.4 Å². The lowest BCUT2D eigenvalue weighted by Crippen LogP contribution is -2.43. The molecule has 174 valence electrons. The van der Waals surface area contributed by atoms with Gasteiger partial charge in [0.2, 0.25) is 11.8 Å². The van der Waals surface area contributed by atoms with Gasteiger partial charge in [-0.1, -0.05) is 17.8 Å². The molecule has 3 amide bonds. The van der Waals surface area contributed by atoms with E-state index in [-0.39, 0.29) is 35.4 Å². The van der Waals surface area contributed by atoms with Crippen LogP contribution in [0.15, 0.2) is 66.0 Å². The number of benzene rings is 1. The summed E-state index contributed by atoms with van der Waals surface area (Å²) in [7, 11) is 0. The Morgan fingerprint density at radius 3 is 2.79 bits per heavy atom. The third-order valence-electron chi connectivity index (χ3n) is 5.47. The van der Waals surface area contributed by atoms with E-state index in [0.717, 1.165) is 6.07 Å². The molecule has 4 rings (SSSR count). The minimum atomic E-state index is -0.702. The van der Waals surface area contributed by atoms with Crippen molar-refractivity contribution in [2.75, 3.05) is 23.7 Å². The number of hydrogen-bond donors (Lipinski definition) is 2. The Kier molecular flexibility index (Phi) is 6.77. The number of piperidine rings is 1. The van der Waals surface area contributed by atoms with E-state index in [1.54, 1.807) is 17.0 Å². The normalized spacial score (nSPS) is 15.4. The fourth-order valence-corrected chi connectivity index (χ4v) is 3.70. The van der Waals surface area contributed by atoms with Crippen LogP contribution in [0.2, 0.25) is 0 Å². The predicted molar refractivity (Wildman–Crippen MR) is 122 cm³/mol. The topological polar surface area (TPSA) is 117 Å². The first-order valence-corrected chi connectivity index (χ1v) is 10.6. The van der Waals surface area contributed by atoms with Crippen LogP contribution in [0, 0.1) is 11.7 Å². The maximum atomic E-state index is 14.7. The van der Waals surface area contributed by atoms with Gasteiger partial charge in [-0.3, -0.25) is 14.4 Å². The highest BCUT2D eigenvalue weighted by Gasteiger charge is 2.28. The maximum Gasteiger partial charge on any atom is 0.274 e. The summed E-state index contributed by atoms with van der Waals surface area (Å²) >= 11 is 0. The highest BCUT2D eigenvalue weighted by Crippen LogP contribution is 2.23. The molecule has 0 radical (unpaired) electrons. The summed E-state index contributed by atoms with van der Waals surface area (Å²) < 4.78 is 19.5. The van der Waals surface area contributed by atoms with E-state index in [1.807, 2.05) is 0 Å². The van der Waals surface area contributed by atoms with Crippen molar-refractivity contribution < 1.29 is 23.3 Å². The molecule has 1 saturated heterocycles. The van der Waals surface area contributed by atoms with Gasteiger partial charge in [0.1, 0.15) is 17.8 Å². The van der Waals surface area contributed by atoms with Crippen LogP contribution in [-0.2, 0) is 9.59 Å². The molecule has 34 heavy (non-hydrogen) atoms. The minimum absolute atomic E-state index is 0.0113. The van der Waals surface area contributed by atoms with Gasteiger partial charge in [-0.15, -0.1) is 0 Å². The lowest BCUT2D eigenvalue weighted by atomic mass is 9.97. The molecular weight excluding hydrogens is 441 g/mol. The van der Waals surface area contributed by atoms with Crippen molar-refractivity contribution in [2.24, 2.45) is 5.92 Å². The van der Waals surface area contributed by atoms with Gasteiger partial charge >= 0.3 is 0 Å². The number of nitrogens with one attached hydrogen (secondary N) is 2. The number of rotatable bonds is 6. The summed E-state index contributed by atoms with van der Waals surface area (Å²) in [5, 5.41) is 8.78. The standard InChI is InChI=1S/C24H22FN5O4/c1-2-22(31)30-10-4-5-15(13-30)23(32)29-20-9-8-17(11-18(20)25)27-24(33)21-7-3-6-19(28-21)16-12-26-34-14-16/h2-3,6-9,11-12,14-15H,1,4-5,10,13H2,(H,27,33)(H,29,32)/t15-/m0/s1. The second kappa shape index (κ2) is 10.1. The first-order valence-electron chi connectivity index (χ1n) is 10.6. The molecule has 0 aliphatic carbocycles. The van der Waals surface area contributed by atoms with Crippen LogP contribution >= 0.6 is 0 Å². The van der Waals surface area contributed by atoms with Gasteiger partial charge in [0.25, 0.3) is 5.91 Å². The van der Waals surface area contributed by atoms with Crippen LogP contribution in [0.3, 0.4) is 0 Å². The van der Waals surface area contributed by atoms with E-state index in [9.17, 15) is 18.8 Å². The molecule has 1 aromatic carbocycles. The molecule has 0 bridgehead atoms. The van der Waals surface area contributed by atoms with Crippen molar-refractivity contribution in [1.82, 2.24) is 15.0 Å². The number of pyridine rings is 1. The first-order chi connectivity index (χ1) is 16.4. The van der Waals surface area contributed by atoms with Crippen LogP contribution < -0.4 is 10.6 Å². The Labute approximate surface area is 194 Å². The molecule has 0 spiro atoms. The number of hydrogen-bond acceptors (Lipinski definition) is 6. The van der Waals surface area contributed by atoms with Crippen LogP contribution in [0.4, 0.5) is 15.8 Å². The molecule has 3 aromatic rings. The molecule has 1 aliphatic rings. The van der Waals surface area contributed by atoms with Crippen LogP contribution in [0.5, 0.6) is 0 Å². The van der Waals surface area contributed by atoms with E-state index >= 15 is 0 Å². The molecule has 1 aliphatic heterocycles. The van der Waals surface area contributed by atoms with Gasteiger partial charge < -0.3 is 20.1 Å². The third-order valence-corrected chi connectivity index (χ3v) is 5.47. The molecule has 9 nitrogen and oxygen atoms in total. The van der Waals surface area contributed by atoms with Gasteiger partial charge in [0, 0.05) is 18.8 Å². The number of aromatic nitrogens is 2. The van der Waals surface area contributed by atoms with Crippen molar-refractivity contribution in [3.63, 3.8) is 0 Å². The first kappa shape index (κ1) is 22.8. The molecule has 0 saturated carbocycles. The summed E-state index contributed by atoms with van der Waals surface area (Å²) in [5.74, 6) is -2.27. The zero-order valence-corrected chi connectivity index (χ0v) is 18.2. The van der Waals surface area contributed by atoms with Crippen LogP contribution in [-0.4, -0.2) is 45.9 Å². The highest BCUT2D eigenvalue weighted by molar-refractivity contribution is 6.03. The number of nitrogens with zero attached hydrogens (tertiary/aromatic N) is 3. The molecule has 2 N–H and O–H groups in total. The van der Waals surface area contributed by atoms with Crippen molar-refractivity contribution in [2.45, 2.75) is 12.8 Å². The van der Waals surface area contributed by atoms with E-state index in [0.29, 0.717) is 30.6 Å². The van der Waals surface area contributed by atoms with Crippen molar-refractivity contribution >= 4 is 29.1 Å². The van der Waals surface area contributed by atoms with Crippen molar-refractivity contribution in [3.8, 4) is 11.3 Å². The van der Waals surface area contributed by atoms with Crippen LogP contribution in [0.1, 0.15) is 23.3 Å². The van der Waals surface area contributed by atoms with Gasteiger partial charge in [-0.05, 0) is 49.2 Å². The fraction of sp³-hybridized carbons (Fsp3) is 0.208. The Morgan fingerprint density at radius 1 is 1.21 bits per heavy atom. The molecule has 0 unspecified atom stereocenters. The predicted octanol–water partition coefficient (Wildman–Crippen LogP) is 3.49. The maximum absolute atomic E-state index is 14.7. The summed E-state index contributed by atoms with van der Waals surface area (Å²) in [6.07, 6.45) is 5.39. The number of likely N-dealkylation sites (tertiary alicyclic amines) is 1. The zero-order chi connectivity index (χ0) is 24.1. The van der Waals surface area contributed by atoms with Crippen molar-refractivity contribution in [3.05, 3.63) is 73.0 Å². The van der Waals surface area contributed by atoms with Gasteiger partial charge in [0.05, 0.1) is 29.1 Å². The molecular formula is C24H22FN5O4. The Bertz CT molecular complexity index is 1230. The number of carbonyl (C=O) groups excluding carboxylic acids is 3. The monoisotopic (exact) mass is 463 g/mol. The molecule has 1 fully saturated rings. The van der Waals surface area contributed by atoms with E-state index < -0.39 is 17.6 Å². The van der Waals surface area contributed by atoms with Gasteiger partial charge in [-0.25, -0.2) is 9.37 Å². The Balaban J connectivity index is 1.40. The summed E-state index contributed by atoms with van der Waals surface area (Å²) in [5.41, 5.74) is 1.46. The smallest absolute Gasteiger partial charge is 0.274 e. The largest absolute Gasteiger partial charge is 0.364 e. The number of amides is 3. The number of carbonyl (C=O) groups is 3. The summed E-state index contributed by atoms with van der Waals surface area (Å²) in [6, 6.07) is 8.87. The van der Waals surface area contributed by atoms with E-state index in [1.165, 1.54) is 36.7 Å². The molecule has 10 heteroatoms. The van der Waals surface area contributed by atoms with Gasteiger partial charge in [0.15, 0.2) is 0 Å². The molecule has 2 aromatic heterocycles. The Hall–Kier alpha value is -4.34. The van der Waals surface area contributed by atoms with Gasteiger partial charge in [-0.2, -0.15) is 0 Å². The third kappa shape index (κ3) is 5.17. The molecule has 3 heterocycles. The lowest BCUT2D eigenvalue weighted by Gasteiger charge is -2.31. The average molecular weight is 463 g/mol. The zero-order valence-electron chi connectivity index (χ0n) is 18.2. The van der Waals surface area contributed by atoms with Crippen LogP contribution in [0.25, 0.3) is 11.3 Å². The number of halogens is 1. The summed E-state index contributed by atoms with van der Waals surface area (Å²) in [4.78, 5) is 42.9. The van der Waals surface area contributed by atoms with E-state index in [4.69, 9.17) is 4.52 Å². The SMILES string of the molecule is C=CC(=O)N1CCC[C@H](C(=O)Nc2ccc(NC(=O)c3cccc(-c4cnoc4)n3)cc2F)C1. The Morgan fingerprint density at radius 2 is 2.06 bits per heavy atom. The number of anilines is 2. The fourth-order valence-electron chi connectivity index (χ4n) is 3.70. The lowest BCUT2D eigenvalue weighted by molar-refractivity contribution is -0.130.